The van der Waals surface area contributed by atoms with Crippen molar-refractivity contribution in [3.8, 4) is 0 Å². The van der Waals surface area contributed by atoms with Crippen molar-refractivity contribution in [1.82, 2.24) is 0 Å². The molecular formula is C26H48O4S-2. The van der Waals surface area contributed by atoms with Gasteiger partial charge in [-0.25, -0.2) is 0 Å². The summed E-state index contributed by atoms with van der Waals surface area (Å²) in [4.78, 5) is 23.8. The lowest BCUT2D eigenvalue weighted by Crippen LogP contribution is -2.51. The van der Waals surface area contributed by atoms with Crippen molar-refractivity contribution in [1.29, 1.82) is 0 Å². The number of hydrogen-bond acceptors (Lipinski definition) is 5. The van der Waals surface area contributed by atoms with E-state index in [1.807, 2.05) is 0 Å². The van der Waals surface area contributed by atoms with Crippen LogP contribution < -0.4 is 10.2 Å². The van der Waals surface area contributed by atoms with Crippen molar-refractivity contribution in [2.75, 3.05) is 0 Å². The summed E-state index contributed by atoms with van der Waals surface area (Å²) in [5, 5.41) is 23.8. The number of hydrogen-bond donors (Lipinski definition) is 0. The quantitative estimate of drug-likeness (QED) is 0.192. The van der Waals surface area contributed by atoms with Gasteiger partial charge in [0.2, 0.25) is 0 Å². The molecule has 0 saturated heterocycles. The summed E-state index contributed by atoms with van der Waals surface area (Å²) in [6, 6.07) is 0. The van der Waals surface area contributed by atoms with Crippen LogP contribution in [0, 0.1) is 0 Å². The summed E-state index contributed by atoms with van der Waals surface area (Å²) in [7, 11) is 0. The molecule has 184 valence electrons. The van der Waals surface area contributed by atoms with E-state index in [0.29, 0.717) is 12.8 Å². The van der Waals surface area contributed by atoms with Gasteiger partial charge in [0.1, 0.15) is 0 Å². The lowest BCUT2D eigenvalue weighted by atomic mass is 10.00. The van der Waals surface area contributed by atoms with Crippen LogP contribution in [0.4, 0.5) is 0 Å². The molecule has 0 saturated carbocycles. The van der Waals surface area contributed by atoms with Crippen molar-refractivity contribution >= 4 is 23.7 Å². The van der Waals surface area contributed by atoms with Gasteiger partial charge in [-0.1, -0.05) is 117 Å². The molecule has 0 aliphatic rings. The van der Waals surface area contributed by atoms with Crippen LogP contribution in [0.25, 0.3) is 0 Å². The number of carbonyl (C=O) groups excluding carboxylic acids is 2. The SMILES string of the molecule is CCCCCCCCCCC(C)(SC(C)(CCCCCCCCCC)C(=O)[O-])C(=O)[O-]. The first-order valence-corrected chi connectivity index (χ1v) is 13.7. The molecule has 0 bridgehead atoms. The Labute approximate surface area is 196 Å². The highest BCUT2D eigenvalue weighted by Crippen LogP contribution is 2.42. The molecule has 0 aliphatic carbocycles. The van der Waals surface area contributed by atoms with Gasteiger partial charge in [-0.15, -0.1) is 11.8 Å². The highest BCUT2D eigenvalue weighted by atomic mass is 32.2. The average molecular weight is 457 g/mol. The lowest BCUT2D eigenvalue weighted by molar-refractivity contribution is -0.309. The third kappa shape index (κ3) is 14.1. The predicted octanol–water partition coefficient (Wildman–Crippen LogP) is 5.80. The first kappa shape index (κ1) is 30.3. The van der Waals surface area contributed by atoms with Crippen molar-refractivity contribution in [3.05, 3.63) is 0 Å². The molecule has 2 atom stereocenters. The maximum atomic E-state index is 11.9. The molecule has 2 unspecified atom stereocenters. The zero-order valence-electron chi connectivity index (χ0n) is 20.8. The number of carbonyl (C=O) groups is 2. The maximum absolute atomic E-state index is 11.9. The summed E-state index contributed by atoms with van der Waals surface area (Å²) in [6.45, 7) is 7.66. The van der Waals surface area contributed by atoms with Gasteiger partial charge in [0, 0.05) is 0 Å². The van der Waals surface area contributed by atoms with Crippen LogP contribution in [0.1, 0.15) is 143 Å². The molecule has 5 heteroatoms. The van der Waals surface area contributed by atoms with E-state index < -0.39 is 21.4 Å². The van der Waals surface area contributed by atoms with E-state index in [4.69, 9.17) is 0 Å². The monoisotopic (exact) mass is 456 g/mol. The zero-order chi connectivity index (χ0) is 23.6. The molecule has 0 aromatic carbocycles. The molecule has 0 rings (SSSR count). The fourth-order valence-electron chi connectivity index (χ4n) is 4.08. The van der Waals surface area contributed by atoms with Crippen molar-refractivity contribution in [3.63, 3.8) is 0 Å². The van der Waals surface area contributed by atoms with E-state index in [2.05, 4.69) is 13.8 Å². The Balaban J connectivity index is 4.47. The van der Waals surface area contributed by atoms with Crippen LogP contribution >= 0.6 is 11.8 Å². The van der Waals surface area contributed by atoms with E-state index in [0.717, 1.165) is 50.3 Å². The topological polar surface area (TPSA) is 80.3 Å². The average Bonchev–Trinajstić information content (AvgIpc) is 2.71. The maximum Gasteiger partial charge on any atom is 0.0573 e. The Morgan fingerprint density at radius 2 is 0.806 bits per heavy atom. The van der Waals surface area contributed by atoms with Gasteiger partial charge in [0.15, 0.2) is 0 Å². The van der Waals surface area contributed by atoms with Crippen LogP contribution in [0.5, 0.6) is 0 Å². The Morgan fingerprint density at radius 3 is 1.06 bits per heavy atom. The van der Waals surface area contributed by atoms with E-state index in [9.17, 15) is 19.8 Å². The van der Waals surface area contributed by atoms with E-state index in [1.165, 1.54) is 64.2 Å². The molecule has 0 spiro atoms. The first-order chi connectivity index (χ1) is 14.7. The predicted molar refractivity (Wildman–Crippen MR) is 129 cm³/mol. The minimum absolute atomic E-state index is 0.440. The molecule has 4 nitrogen and oxygen atoms in total. The van der Waals surface area contributed by atoms with Gasteiger partial charge in [-0.05, 0) is 26.7 Å². The number of unbranched alkanes of at least 4 members (excludes halogenated alkanes) is 14. The third-order valence-corrected chi connectivity index (χ3v) is 7.97. The largest absolute Gasteiger partial charge is 0.549 e. The minimum atomic E-state index is -1.20. The van der Waals surface area contributed by atoms with Crippen LogP contribution in [0.2, 0.25) is 0 Å². The molecule has 0 aliphatic heterocycles. The number of carboxylic acid groups (broad SMARTS) is 2. The number of rotatable bonds is 22. The zero-order valence-corrected chi connectivity index (χ0v) is 21.6. The summed E-state index contributed by atoms with van der Waals surface area (Å²) >= 11 is 1.04. The Kier molecular flexibility index (Phi) is 17.4. The molecule has 0 N–H and O–H groups in total. The van der Waals surface area contributed by atoms with Crippen LogP contribution in [-0.4, -0.2) is 21.4 Å². The minimum Gasteiger partial charge on any atom is -0.549 e. The van der Waals surface area contributed by atoms with Gasteiger partial charge in [0.05, 0.1) is 21.4 Å². The number of thioether (sulfide) groups is 1. The second kappa shape index (κ2) is 17.8. The molecule has 0 aromatic rings. The van der Waals surface area contributed by atoms with Crippen molar-refractivity contribution in [2.45, 2.75) is 153 Å². The highest BCUT2D eigenvalue weighted by Gasteiger charge is 2.37. The van der Waals surface area contributed by atoms with Gasteiger partial charge in [-0.2, -0.15) is 0 Å². The number of aliphatic carboxylic acids is 2. The van der Waals surface area contributed by atoms with Crippen LogP contribution in [-0.2, 0) is 9.59 Å². The standard InChI is InChI=1S/C26H50O4S/c1-5-7-9-11-13-15-17-19-21-25(3,23(27)28)31-26(4,24(29)30)22-20-18-16-14-12-10-8-6-2/h5-22H2,1-4H3,(H,27,28)(H,29,30)/p-2. The molecule has 0 aromatic heterocycles. The Morgan fingerprint density at radius 1 is 0.548 bits per heavy atom. The Bertz CT molecular complexity index is 440. The van der Waals surface area contributed by atoms with Gasteiger partial charge >= 0.3 is 0 Å². The smallest absolute Gasteiger partial charge is 0.0573 e. The fraction of sp³-hybridized carbons (Fsp3) is 0.923. The molecular weight excluding hydrogens is 408 g/mol. The Hall–Kier alpha value is -0.710. The molecule has 0 amide bonds. The second-order valence-corrected chi connectivity index (χ2v) is 11.6. The fourth-order valence-corrected chi connectivity index (χ4v) is 5.73. The molecule has 0 heterocycles. The summed E-state index contributed by atoms with van der Waals surface area (Å²) in [5.74, 6) is -2.33. The lowest BCUT2D eigenvalue weighted by Gasteiger charge is -2.40. The van der Waals surface area contributed by atoms with E-state index in [-0.39, 0.29) is 0 Å². The second-order valence-electron chi connectivity index (χ2n) is 9.59. The summed E-state index contributed by atoms with van der Waals surface area (Å²) in [6.07, 6.45) is 19.0. The van der Waals surface area contributed by atoms with E-state index >= 15 is 0 Å². The van der Waals surface area contributed by atoms with Crippen molar-refractivity contribution < 1.29 is 19.8 Å². The first-order valence-electron chi connectivity index (χ1n) is 12.8. The molecule has 0 radical (unpaired) electrons. The normalized spacial score (nSPS) is 15.4. The molecule has 31 heavy (non-hydrogen) atoms. The number of carboxylic acids is 2. The summed E-state index contributed by atoms with van der Waals surface area (Å²) < 4.78 is -2.39. The van der Waals surface area contributed by atoms with Crippen LogP contribution in [0.15, 0.2) is 0 Å². The summed E-state index contributed by atoms with van der Waals surface area (Å²) in [5.41, 5.74) is 0. The highest BCUT2D eigenvalue weighted by molar-refractivity contribution is 8.03. The van der Waals surface area contributed by atoms with E-state index in [1.54, 1.807) is 13.8 Å². The molecule has 0 fully saturated rings. The van der Waals surface area contributed by atoms with Gasteiger partial charge in [-0.3, -0.25) is 0 Å². The van der Waals surface area contributed by atoms with Gasteiger partial charge < -0.3 is 19.8 Å². The van der Waals surface area contributed by atoms with Crippen LogP contribution in [0.3, 0.4) is 0 Å². The van der Waals surface area contributed by atoms with Crippen molar-refractivity contribution in [2.24, 2.45) is 0 Å². The van der Waals surface area contributed by atoms with Gasteiger partial charge in [0.25, 0.3) is 0 Å². The third-order valence-electron chi connectivity index (χ3n) is 6.33.